The van der Waals surface area contributed by atoms with Gasteiger partial charge >= 0.3 is 0 Å². The first-order valence-electron chi connectivity index (χ1n) is 6.95. The van der Waals surface area contributed by atoms with Crippen LogP contribution in [-0.4, -0.2) is 24.6 Å². The van der Waals surface area contributed by atoms with Crippen LogP contribution in [-0.2, 0) is 4.79 Å². The molecular formula is C15H24ClFN2O2. The van der Waals surface area contributed by atoms with Gasteiger partial charge in [0.2, 0.25) is 5.91 Å². The molecule has 6 heteroatoms. The van der Waals surface area contributed by atoms with Crippen molar-refractivity contribution >= 4 is 18.3 Å². The van der Waals surface area contributed by atoms with Crippen molar-refractivity contribution in [2.24, 2.45) is 5.73 Å². The van der Waals surface area contributed by atoms with Crippen molar-refractivity contribution in [3.05, 3.63) is 30.1 Å². The number of halogens is 2. The highest BCUT2D eigenvalue weighted by atomic mass is 35.5. The third kappa shape index (κ3) is 5.89. The number of hydrogen-bond donors (Lipinski definition) is 2. The molecule has 1 rings (SSSR count). The van der Waals surface area contributed by atoms with Gasteiger partial charge in [-0.2, -0.15) is 0 Å². The van der Waals surface area contributed by atoms with Crippen LogP contribution in [0.1, 0.15) is 33.1 Å². The zero-order chi connectivity index (χ0) is 15.0. The Hall–Kier alpha value is -1.33. The lowest BCUT2D eigenvalue weighted by Gasteiger charge is -2.31. The molecule has 0 spiro atoms. The Bertz CT molecular complexity index is 431. The summed E-state index contributed by atoms with van der Waals surface area (Å²) in [5.74, 6) is -0.391. The van der Waals surface area contributed by atoms with Gasteiger partial charge in [0.05, 0.1) is 18.6 Å². The highest BCUT2D eigenvalue weighted by molar-refractivity contribution is 5.85. The Morgan fingerprint density at radius 2 is 1.95 bits per heavy atom. The van der Waals surface area contributed by atoms with Crippen molar-refractivity contribution in [3.63, 3.8) is 0 Å². The molecule has 0 aromatic heterocycles. The average molecular weight is 319 g/mol. The van der Waals surface area contributed by atoms with E-state index in [1.54, 1.807) is 12.1 Å². The van der Waals surface area contributed by atoms with Crippen molar-refractivity contribution in [1.29, 1.82) is 0 Å². The van der Waals surface area contributed by atoms with E-state index in [-0.39, 0.29) is 42.6 Å². The number of nitrogens with two attached hydrogens (primary N) is 1. The second kappa shape index (κ2) is 9.58. The number of benzene rings is 1. The van der Waals surface area contributed by atoms with E-state index < -0.39 is 5.82 Å². The molecular weight excluding hydrogens is 295 g/mol. The normalized spacial score (nSPS) is 10.7. The smallest absolute Gasteiger partial charge is 0.223 e. The van der Waals surface area contributed by atoms with Crippen LogP contribution in [0.5, 0.6) is 5.75 Å². The number of para-hydroxylation sites is 1. The van der Waals surface area contributed by atoms with Gasteiger partial charge < -0.3 is 15.8 Å². The second-order valence-electron chi connectivity index (χ2n) is 4.77. The molecule has 0 aliphatic heterocycles. The fourth-order valence-corrected chi connectivity index (χ4v) is 1.94. The van der Waals surface area contributed by atoms with Crippen molar-refractivity contribution in [1.82, 2.24) is 5.32 Å². The summed E-state index contributed by atoms with van der Waals surface area (Å²) >= 11 is 0. The van der Waals surface area contributed by atoms with E-state index in [1.807, 2.05) is 13.8 Å². The third-order valence-electron chi connectivity index (χ3n) is 3.57. The maximum absolute atomic E-state index is 13.3. The van der Waals surface area contributed by atoms with Gasteiger partial charge in [0.25, 0.3) is 0 Å². The Balaban J connectivity index is 0.00000400. The van der Waals surface area contributed by atoms with Crippen LogP contribution in [0.15, 0.2) is 24.3 Å². The Morgan fingerprint density at radius 1 is 1.33 bits per heavy atom. The molecule has 0 aliphatic carbocycles. The van der Waals surface area contributed by atoms with Crippen LogP contribution >= 0.6 is 12.4 Å². The van der Waals surface area contributed by atoms with Gasteiger partial charge in [-0.15, -0.1) is 12.4 Å². The molecule has 120 valence electrons. The second-order valence-corrected chi connectivity index (χ2v) is 4.77. The van der Waals surface area contributed by atoms with E-state index in [0.717, 1.165) is 12.8 Å². The quantitative estimate of drug-likeness (QED) is 0.774. The van der Waals surface area contributed by atoms with Crippen LogP contribution in [0.4, 0.5) is 4.39 Å². The van der Waals surface area contributed by atoms with Gasteiger partial charge in [-0.1, -0.05) is 26.0 Å². The Kier molecular flexibility index (Phi) is 8.97. The maximum Gasteiger partial charge on any atom is 0.223 e. The first-order valence-corrected chi connectivity index (χ1v) is 6.95. The molecule has 0 saturated carbocycles. The summed E-state index contributed by atoms with van der Waals surface area (Å²) in [5.41, 5.74) is 5.37. The molecule has 0 unspecified atom stereocenters. The van der Waals surface area contributed by atoms with E-state index >= 15 is 0 Å². The van der Waals surface area contributed by atoms with E-state index in [4.69, 9.17) is 10.5 Å². The summed E-state index contributed by atoms with van der Waals surface area (Å²) in [6.07, 6.45) is 1.73. The van der Waals surface area contributed by atoms with E-state index in [9.17, 15) is 9.18 Å². The molecule has 1 aromatic rings. The summed E-state index contributed by atoms with van der Waals surface area (Å²) in [4.78, 5) is 11.9. The molecule has 0 heterocycles. The molecule has 1 amide bonds. The number of hydrogen-bond acceptors (Lipinski definition) is 3. The largest absolute Gasteiger partial charge is 0.490 e. The number of amides is 1. The molecule has 0 radical (unpaired) electrons. The minimum atomic E-state index is -0.425. The van der Waals surface area contributed by atoms with Crippen LogP contribution in [0.3, 0.4) is 0 Å². The average Bonchev–Trinajstić information content (AvgIpc) is 2.47. The Morgan fingerprint density at radius 3 is 2.48 bits per heavy atom. The van der Waals surface area contributed by atoms with Crippen molar-refractivity contribution in [2.45, 2.75) is 38.6 Å². The number of carbonyl (C=O) groups excluding carboxylic acids is 1. The Labute approximate surface area is 131 Å². The van der Waals surface area contributed by atoms with Gasteiger partial charge in [0.15, 0.2) is 11.6 Å². The molecule has 0 saturated heterocycles. The number of ether oxygens (including phenoxy) is 1. The lowest BCUT2D eigenvalue weighted by Crippen LogP contribution is -2.53. The van der Waals surface area contributed by atoms with Gasteiger partial charge in [0.1, 0.15) is 0 Å². The fourth-order valence-electron chi connectivity index (χ4n) is 1.94. The lowest BCUT2D eigenvalue weighted by molar-refractivity contribution is -0.123. The molecule has 3 N–H and O–H groups in total. The van der Waals surface area contributed by atoms with E-state index in [0.29, 0.717) is 6.54 Å². The summed E-state index contributed by atoms with van der Waals surface area (Å²) in [6, 6.07) is 6.14. The predicted octanol–water partition coefficient (Wildman–Crippen LogP) is 2.65. The van der Waals surface area contributed by atoms with Crippen molar-refractivity contribution in [3.8, 4) is 5.75 Å². The lowest BCUT2D eigenvalue weighted by atomic mass is 9.93. The zero-order valence-corrected chi connectivity index (χ0v) is 13.3. The molecule has 4 nitrogen and oxygen atoms in total. The highest BCUT2D eigenvalue weighted by Crippen LogP contribution is 2.16. The monoisotopic (exact) mass is 318 g/mol. The first kappa shape index (κ1) is 19.7. The SMILES string of the molecule is CCC(CC)(CN)NC(=O)CCOc1ccccc1F.Cl. The van der Waals surface area contributed by atoms with Crippen LogP contribution < -0.4 is 15.8 Å². The highest BCUT2D eigenvalue weighted by Gasteiger charge is 2.25. The maximum atomic E-state index is 13.3. The summed E-state index contributed by atoms with van der Waals surface area (Å²) in [7, 11) is 0. The van der Waals surface area contributed by atoms with Crippen molar-refractivity contribution < 1.29 is 13.9 Å². The molecule has 0 bridgehead atoms. The fraction of sp³-hybridized carbons (Fsp3) is 0.533. The number of rotatable bonds is 8. The topological polar surface area (TPSA) is 64.3 Å². The van der Waals surface area contributed by atoms with Crippen LogP contribution in [0.25, 0.3) is 0 Å². The molecule has 0 atom stereocenters. The third-order valence-corrected chi connectivity index (χ3v) is 3.57. The molecule has 1 aromatic carbocycles. The van der Waals surface area contributed by atoms with Gasteiger partial charge in [-0.3, -0.25) is 4.79 Å². The van der Waals surface area contributed by atoms with Crippen molar-refractivity contribution in [2.75, 3.05) is 13.2 Å². The minimum Gasteiger partial charge on any atom is -0.490 e. The molecule has 0 aliphatic rings. The van der Waals surface area contributed by atoms with Gasteiger partial charge in [-0.05, 0) is 25.0 Å². The van der Waals surface area contributed by atoms with E-state index in [2.05, 4.69) is 5.32 Å². The van der Waals surface area contributed by atoms with Gasteiger partial charge in [0, 0.05) is 6.54 Å². The first-order chi connectivity index (χ1) is 9.56. The van der Waals surface area contributed by atoms with Crippen LogP contribution in [0.2, 0.25) is 0 Å². The summed E-state index contributed by atoms with van der Waals surface area (Å²) in [6.45, 7) is 4.53. The summed E-state index contributed by atoms with van der Waals surface area (Å²) in [5, 5.41) is 2.94. The number of nitrogens with one attached hydrogen (secondary N) is 1. The predicted molar refractivity (Wildman–Crippen MR) is 84.3 cm³/mol. The van der Waals surface area contributed by atoms with Crippen LogP contribution in [0, 0.1) is 5.82 Å². The zero-order valence-electron chi connectivity index (χ0n) is 12.5. The standard InChI is InChI=1S/C15H23FN2O2.ClH/c1-3-15(4-2,11-17)18-14(19)9-10-20-13-8-6-5-7-12(13)16;/h5-8H,3-4,9-11,17H2,1-2H3,(H,18,19);1H. The molecule has 0 fully saturated rings. The molecule has 21 heavy (non-hydrogen) atoms. The number of carbonyl (C=O) groups is 1. The minimum absolute atomic E-state index is 0. The van der Waals surface area contributed by atoms with E-state index in [1.165, 1.54) is 12.1 Å². The summed E-state index contributed by atoms with van der Waals surface area (Å²) < 4.78 is 18.6. The van der Waals surface area contributed by atoms with Gasteiger partial charge in [-0.25, -0.2) is 4.39 Å².